The van der Waals surface area contributed by atoms with Crippen LogP contribution in [-0.2, 0) is 19.1 Å². The predicted molar refractivity (Wildman–Crippen MR) is 126 cm³/mol. The van der Waals surface area contributed by atoms with Gasteiger partial charge in [0.25, 0.3) is 17.1 Å². The molecule has 1 heterocycles. The normalized spacial score (nSPS) is 15.5. The molecular weight excluding hydrogens is 468 g/mol. The Kier molecular flexibility index (Phi) is 8.13. The van der Waals surface area contributed by atoms with Crippen LogP contribution >= 0.6 is 23.4 Å². The van der Waals surface area contributed by atoms with E-state index in [-0.39, 0.29) is 29.0 Å². The number of amides is 3. The van der Waals surface area contributed by atoms with Gasteiger partial charge in [-0.15, -0.1) is 0 Å². The van der Waals surface area contributed by atoms with Crippen molar-refractivity contribution in [2.24, 2.45) is 0 Å². The molecule has 2 aromatic rings. The first-order valence-electron chi connectivity index (χ1n) is 10.0. The van der Waals surface area contributed by atoms with E-state index >= 15 is 0 Å². The van der Waals surface area contributed by atoms with E-state index in [0.29, 0.717) is 17.0 Å². The van der Waals surface area contributed by atoms with Crippen molar-refractivity contribution in [3.05, 3.63) is 64.0 Å². The van der Waals surface area contributed by atoms with Crippen molar-refractivity contribution in [1.29, 1.82) is 0 Å². The summed E-state index contributed by atoms with van der Waals surface area (Å²) in [6, 6.07) is 12.7. The van der Waals surface area contributed by atoms with Crippen molar-refractivity contribution in [3.63, 3.8) is 0 Å². The molecule has 1 unspecified atom stereocenters. The molecule has 3 rings (SSSR count). The standard InChI is InChI=1S/C23H21ClN2O6S/c1-3-31-22(29)14(2)26-21(28)19(33-23(26)30)12-15-9-10-18(17(24)11-15)32-13-20(27)25-16-7-5-4-6-8-16/h4-12,14H,3,13H2,1-2H3,(H,25,27)/b19-12+. The fourth-order valence-corrected chi connectivity index (χ4v) is 4.07. The second kappa shape index (κ2) is 11.0. The second-order valence-electron chi connectivity index (χ2n) is 6.87. The van der Waals surface area contributed by atoms with E-state index in [1.165, 1.54) is 13.0 Å². The number of nitrogens with zero attached hydrogens (tertiary/aromatic N) is 1. The molecule has 1 N–H and O–H groups in total. The fourth-order valence-electron chi connectivity index (χ4n) is 2.92. The SMILES string of the molecule is CCOC(=O)C(C)N1C(=O)S/C(=C/c2ccc(OCC(=O)Nc3ccccc3)c(Cl)c2)C1=O. The maximum absolute atomic E-state index is 12.7. The van der Waals surface area contributed by atoms with Gasteiger partial charge in [-0.05, 0) is 61.5 Å². The molecule has 3 amide bonds. The average Bonchev–Trinajstić information content (AvgIpc) is 3.06. The van der Waals surface area contributed by atoms with Gasteiger partial charge in [0.1, 0.15) is 11.8 Å². The van der Waals surface area contributed by atoms with Gasteiger partial charge in [0, 0.05) is 5.69 Å². The first-order chi connectivity index (χ1) is 15.8. The Labute approximate surface area is 199 Å². The van der Waals surface area contributed by atoms with Crippen LogP contribution in [0.1, 0.15) is 19.4 Å². The van der Waals surface area contributed by atoms with Crippen molar-refractivity contribution in [2.75, 3.05) is 18.5 Å². The number of carbonyl (C=O) groups is 4. The van der Waals surface area contributed by atoms with E-state index < -0.39 is 23.2 Å². The molecule has 0 spiro atoms. The highest BCUT2D eigenvalue weighted by Crippen LogP contribution is 2.35. The molecule has 0 saturated carbocycles. The maximum Gasteiger partial charge on any atom is 0.329 e. The summed E-state index contributed by atoms with van der Waals surface area (Å²) >= 11 is 6.99. The molecule has 1 saturated heterocycles. The van der Waals surface area contributed by atoms with Gasteiger partial charge in [0.15, 0.2) is 6.61 Å². The lowest BCUT2D eigenvalue weighted by atomic mass is 10.2. The monoisotopic (exact) mass is 488 g/mol. The van der Waals surface area contributed by atoms with Crippen LogP contribution in [0.15, 0.2) is 53.4 Å². The molecule has 1 aliphatic rings. The lowest BCUT2D eigenvalue weighted by Crippen LogP contribution is -2.42. The number of halogens is 1. The molecular formula is C23H21ClN2O6S. The quantitative estimate of drug-likeness (QED) is 0.435. The number of anilines is 1. The third-order valence-electron chi connectivity index (χ3n) is 4.51. The number of para-hydroxylation sites is 1. The summed E-state index contributed by atoms with van der Waals surface area (Å²) in [6.45, 7) is 2.99. The number of thioether (sulfide) groups is 1. The summed E-state index contributed by atoms with van der Waals surface area (Å²) in [6.07, 6.45) is 1.50. The number of carbonyl (C=O) groups excluding carboxylic acids is 4. The highest BCUT2D eigenvalue weighted by molar-refractivity contribution is 8.18. The van der Waals surface area contributed by atoms with E-state index in [1.807, 2.05) is 6.07 Å². The molecule has 33 heavy (non-hydrogen) atoms. The molecule has 8 nitrogen and oxygen atoms in total. The van der Waals surface area contributed by atoms with Crippen LogP contribution in [0.4, 0.5) is 10.5 Å². The minimum Gasteiger partial charge on any atom is -0.482 e. The maximum atomic E-state index is 12.7. The van der Waals surface area contributed by atoms with Crippen LogP contribution in [-0.4, -0.2) is 47.2 Å². The summed E-state index contributed by atoms with van der Waals surface area (Å²) in [5.41, 5.74) is 1.20. The van der Waals surface area contributed by atoms with E-state index in [9.17, 15) is 19.2 Å². The summed E-state index contributed by atoms with van der Waals surface area (Å²) < 4.78 is 10.4. The van der Waals surface area contributed by atoms with E-state index in [1.54, 1.807) is 49.4 Å². The second-order valence-corrected chi connectivity index (χ2v) is 8.27. The van der Waals surface area contributed by atoms with Gasteiger partial charge in [0.2, 0.25) is 0 Å². The van der Waals surface area contributed by atoms with Crippen molar-refractivity contribution in [2.45, 2.75) is 19.9 Å². The number of ether oxygens (including phenoxy) is 2. The molecule has 0 radical (unpaired) electrons. The van der Waals surface area contributed by atoms with E-state index in [2.05, 4.69) is 5.32 Å². The van der Waals surface area contributed by atoms with Crippen molar-refractivity contribution >= 4 is 58.1 Å². The summed E-state index contributed by atoms with van der Waals surface area (Å²) in [5.74, 6) is -1.28. The zero-order valence-electron chi connectivity index (χ0n) is 17.9. The van der Waals surface area contributed by atoms with Gasteiger partial charge < -0.3 is 14.8 Å². The predicted octanol–water partition coefficient (Wildman–Crippen LogP) is 4.35. The van der Waals surface area contributed by atoms with Crippen LogP contribution in [0.25, 0.3) is 6.08 Å². The molecule has 1 aliphatic heterocycles. The van der Waals surface area contributed by atoms with Crippen LogP contribution in [0.3, 0.4) is 0 Å². The highest BCUT2D eigenvalue weighted by atomic mass is 35.5. The number of imide groups is 1. The third kappa shape index (κ3) is 6.15. The van der Waals surface area contributed by atoms with Gasteiger partial charge in [-0.25, -0.2) is 4.79 Å². The third-order valence-corrected chi connectivity index (χ3v) is 5.69. The minimum atomic E-state index is -1.02. The lowest BCUT2D eigenvalue weighted by molar-refractivity contribution is -0.150. The zero-order valence-corrected chi connectivity index (χ0v) is 19.4. The summed E-state index contributed by atoms with van der Waals surface area (Å²) in [5, 5.41) is 2.38. The number of hydrogen-bond acceptors (Lipinski definition) is 7. The largest absolute Gasteiger partial charge is 0.482 e. The molecule has 1 fully saturated rings. The number of hydrogen-bond donors (Lipinski definition) is 1. The molecule has 10 heteroatoms. The molecule has 0 aromatic heterocycles. The lowest BCUT2D eigenvalue weighted by Gasteiger charge is -2.19. The Balaban J connectivity index is 1.64. The van der Waals surface area contributed by atoms with E-state index in [0.717, 1.165) is 16.7 Å². The Morgan fingerprint density at radius 1 is 1.18 bits per heavy atom. The molecule has 2 aromatic carbocycles. The molecule has 0 bridgehead atoms. The smallest absolute Gasteiger partial charge is 0.329 e. The highest BCUT2D eigenvalue weighted by Gasteiger charge is 2.41. The van der Waals surface area contributed by atoms with Gasteiger partial charge in [0.05, 0.1) is 16.5 Å². The molecule has 172 valence electrons. The van der Waals surface area contributed by atoms with Crippen LogP contribution in [0.2, 0.25) is 5.02 Å². The van der Waals surface area contributed by atoms with Crippen molar-refractivity contribution in [3.8, 4) is 5.75 Å². The van der Waals surface area contributed by atoms with Crippen molar-refractivity contribution in [1.82, 2.24) is 4.90 Å². The minimum absolute atomic E-state index is 0.149. The Morgan fingerprint density at radius 2 is 1.91 bits per heavy atom. The Bertz CT molecular complexity index is 1110. The number of nitrogens with one attached hydrogen (secondary N) is 1. The zero-order chi connectivity index (χ0) is 24.0. The van der Waals surface area contributed by atoms with Gasteiger partial charge >= 0.3 is 5.97 Å². The van der Waals surface area contributed by atoms with Gasteiger partial charge in [-0.3, -0.25) is 19.3 Å². The topological polar surface area (TPSA) is 102 Å². The molecule has 1 atom stereocenters. The fraction of sp³-hybridized carbons (Fsp3) is 0.217. The first kappa shape index (κ1) is 24.3. The van der Waals surface area contributed by atoms with Crippen LogP contribution in [0.5, 0.6) is 5.75 Å². The first-order valence-corrected chi connectivity index (χ1v) is 11.2. The van der Waals surface area contributed by atoms with Crippen LogP contribution < -0.4 is 10.1 Å². The Morgan fingerprint density at radius 3 is 2.58 bits per heavy atom. The number of benzene rings is 2. The Hall–Kier alpha value is -3.30. The number of rotatable bonds is 8. The van der Waals surface area contributed by atoms with Crippen molar-refractivity contribution < 1.29 is 28.7 Å². The number of esters is 1. The summed E-state index contributed by atoms with van der Waals surface area (Å²) in [7, 11) is 0. The summed E-state index contributed by atoms with van der Waals surface area (Å²) in [4.78, 5) is 49.9. The van der Waals surface area contributed by atoms with E-state index in [4.69, 9.17) is 21.1 Å². The van der Waals surface area contributed by atoms with Crippen LogP contribution in [0, 0.1) is 0 Å². The average molecular weight is 489 g/mol. The van der Waals surface area contributed by atoms with Gasteiger partial charge in [-0.1, -0.05) is 35.9 Å². The molecule has 0 aliphatic carbocycles. The van der Waals surface area contributed by atoms with Gasteiger partial charge in [-0.2, -0.15) is 0 Å².